The van der Waals surface area contributed by atoms with E-state index >= 15 is 0 Å². The zero-order valence-corrected chi connectivity index (χ0v) is 18.2. The van der Waals surface area contributed by atoms with Gasteiger partial charge in [0.1, 0.15) is 25.6 Å². The van der Waals surface area contributed by atoms with Crippen LogP contribution in [-0.2, 0) is 10.2 Å². The van der Waals surface area contributed by atoms with Gasteiger partial charge in [0.2, 0.25) is 0 Å². The predicted octanol–water partition coefficient (Wildman–Crippen LogP) is 4.11. The first-order valence-electron chi connectivity index (χ1n) is 11.2. The molecule has 0 unspecified atom stereocenters. The highest BCUT2D eigenvalue weighted by atomic mass is 16.6. The molecular weight excluding hydrogens is 394 g/mol. The van der Waals surface area contributed by atoms with E-state index in [1.54, 1.807) is 6.07 Å². The fourth-order valence-electron chi connectivity index (χ4n) is 4.47. The maximum Gasteiger partial charge on any atom is 0.255 e. The Kier molecular flexibility index (Phi) is 6.97. The van der Waals surface area contributed by atoms with Crippen LogP contribution in [0.15, 0.2) is 42.5 Å². The Morgan fingerprint density at radius 3 is 2.61 bits per heavy atom. The van der Waals surface area contributed by atoms with E-state index in [9.17, 15) is 4.79 Å². The number of benzene rings is 2. The molecule has 1 amide bonds. The smallest absolute Gasteiger partial charge is 0.255 e. The highest BCUT2D eigenvalue weighted by Crippen LogP contribution is 2.44. The molecule has 0 radical (unpaired) electrons. The highest BCUT2D eigenvalue weighted by Gasteiger charge is 2.37. The third-order valence-corrected chi connectivity index (χ3v) is 6.12. The van der Waals surface area contributed by atoms with Crippen molar-refractivity contribution in [2.45, 2.75) is 38.0 Å². The number of carbonyl (C=O) groups is 1. The van der Waals surface area contributed by atoms with Gasteiger partial charge in [-0.2, -0.15) is 0 Å². The maximum absolute atomic E-state index is 13.1. The van der Waals surface area contributed by atoms with Gasteiger partial charge in [-0.05, 0) is 49.6 Å². The van der Waals surface area contributed by atoms with Crippen LogP contribution < -0.4 is 19.5 Å². The minimum atomic E-state index is -0.115. The average Bonchev–Trinajstić information content (AvgIpc) is 3.30. The molecule has 0 saturated heterocycles. The average molecular weight is 426 g/mol. The monoisotopic (exact) mass is 425 g/mol. The van der Waals surface area contributed by atoms with E-state index in [0.717, 1.165) is 37.2 Å². The molecule has 1 aliphatic heterocycles. The summed E-state index contributed by atoms with van der Waals surface area (Å²) in [5, 5.41) is 3.18. The second-order valence-electron chi connectivity index (χ2n) is 8.07. The molecular formula is C25H31NO5. The van der Waals surface area contributed by atoms with Gasteiger partial charge in [0.25, 0.3) is 5.91 Å². The molecule has 1 aliphatic carbocycles. The van der Waals surface area contributed by atoms with E-state index in [0.29, 0.717) is 50.9 Å². The Morgan fingerprint density at radius 1 is 1.03 bits per heavy atom. The summed E-state index contributed by atoms with van der Waals surface area (Å²) in [5.41, 5.74) is 1.67. The van der Waals surface area contributed by atoms with Crippen LogP contribution in [0.5, 0.6) is 17.2 Å². The van der Waals surface area contributed by atoms with Crippen molar-refractivity contribution in [1.82, 2.24) is 5.32 Å². The molecule has 31 heavy (non-hydrogen) atoms. The van der Waals surface area contributed by atoms with Gasteiger partial charge in [-0.25, -0.2) is 0 Å². The van der Waals surface area contributed by atoms with Crippen LogP contribution in [0, 0.1) is 0 Å². The molecule has 1 fully saturated rings. The zero-order valence-electron chi connectivity index (χ0n) is 18.2. The number of fused-ring (bicyclic) bond motifs is 1. The molecule has 0 aromatic heterocycles. The lowest BCUT2D eigenvalue weighted by Gasteiger charge is -2.31. The molecule has 1 N–H and O–H groups in total. The number of hydrogen-bond acceptors (Lipinski definition) is 5. The molecule has 0 bridgehead atoms. The van der Waals surface area contributed by atoms with Crippen molar-refractivity contribution in [2.24, 2.45) is 0 Å². The highest BCUT2D eigenvalue weighted by molar-refractivity contribution is 5.97. The van der Waals surface area contributed by atoms with Crippen molar-refractivity contribution >= 4 is 5.91 Å². The lowest BCUT2D eigenvalue weighted by atomic mass is 9.78. The summed E-state index contributed by atoms with van der Waals surface area (Å²) in [5.74, 6) is 2.06. The summed E-state index contributed by atoms with van der Waals surface area (Å²) in [4.78, 5) is 13.1. The molecule has 0 spiro atoms. The van der Waals surface area contributed by atoms with Gasteiger partial charge < -0.3 is 24.3 Å². The molecule has 2 aliphatic rings. The van der Waals surface area contributed by atoms with Crippen LogP contribution in [0.25, 0.3) is 0 Å². The topological polar surface area (TPSA) is 66.0 Å². The Balaban J connectivity index is 1.46. The molecule has 6 nitrogen and oxygen atoms in total. The number of hydrogen-bond donors (Lipinski definition) is 1. The lowest BCUT2D eigenvalue weighted by Crippen LogP contribution is -2.39. The van der Waals surface area contributed by atoms with Gasteiger partial charge in [0.05, 0.1) is 12.2 Å². The van der Waals surface area contributed by atoms with Gasteiger partial charge >= 0.3 is 0 Å². The first-order valence-corrected chi connectivity index (χ1v) is 11.2. The van der Waals surface area contributed by atoms with E-state index in [-0.39, 0.29) is 11.3 Å². The number of para-hydroxylation sites is 1. The van der Waals surface area contributed by atoms with E-state index in [1.165, 1.54) is 5.56 Å². The quantitative estimate of drug-likeness (QED) is 0.613. The van der Waals surface area contributed by atoms with Crippen molar-refractivity contribution in [3.63, 3.8) is 0 Å². The van der Waals surface area contributed by atoms with E-state index in [2.05, 4.69) is 17.4 Å². The summed E-state index contributed by atoms with van der Waals surface area (Å²) >= 11 is 0. The third-order valence-electron chi connectivity index (χ3n) is 6.12. The van der Waals surface area contributed by atoms with Crippen LogP contribution in [-0.4, -0.2) is 45.5 Å². The molecule has 2 aromatic carbocycles. The Hall–Kier alpha value is -2.73. The number of amides is 1. The third kappa shape index (κ3) is 4.96. The number of ether oxygens (including phenoxy) is 4. The lowest BCUT2D eigenvalue weighted by molar-refractivity contribution is 0.0926. The fraction of sp³-hybridized carbons (Fsp3) is 0.480. The van der Waals surface area contributed by atoms with Crippen molar-refractivity contribution in [2.75, 3.05) is 39.6 Å². The van der Waals surface area contributed by atoms with Crippen molar-refractivity contribution in [1.29, 1.82) is 0 Å². The van der Waals surface area contributed by atoms with Crippen LogP contribution >= 0.6 is 0 Å². The second kappa shape index (κ2) is 10.1. The van der Waals surface area contributed by atoms with Crippen LogP contribution in [0.2, 0.25) is 0 Å². The molecule has 0 atom stereocenters. The predicted molar refractivity (Wildman–Crippen MR) is 118 cm³/mol. The standard InChI is InChI=1S/C25H31NO5/c1-2-28-13-14-29-21-8-4-3-7-20(21)24(27)26-18-25(11-5-6-12-25)19-9-10-22-23(17-19)31-16-15-30-22/h3-4,7-10,17H,2,5-6,11-16,18H2,1H3,(H,26,27). The van der Waals surface area contributed by atoms with Crippen LogP contribution in [0.3, 0.4) is 0 Å². The molecule has 1 heterocycles. The van der Waals surface area contributed by atoms with Crippen LogP contribution in [0.4, 0.5) is 0 Å². The summed E-state index contributed by atoms with van der Waals surface area (Å²) in [6.45, 7) is 5.24. The molecule has 2 aromatic rings. The SMILES string of the molecule is CCOCCOc1ccccc1C(=O)NCC1(c2ccc3c(c2)OCCO3)CCCC1. The number of carbonyl (C=O) groups excluding carboxylic acids is 1. The van der Waals surface area contributed by atoms with Crippen molar-refractivity contribution < 1.29 is 23.7 Å². The largest absolute Gasteiger partial charge is 0.490 e. The Morgan fingerprint density at radius 2 is 1.81 bits per heavy atom. The minimum Gasteiger partial charge on any atom is -0.490 e. The van der Waals surface area contributed by atoms with Crippen LogP contribution in [0.1, 0.15) is 48.5 Å². The normalized spacial score (nSPS) is 16.7. The van der Waals surface area contributed by atoms with Crippen molar-refractivity contribution in [3.8, 4) is 17.2 Å². The summed E-state index contributed by atoms with van der Waals surface area (Å²) in [7, 11) is 0. The maximum atomic E-state index is 13.1. The first-order chi connectivity index (χ1) is 15.2. The molecule has 166 valence electrons. The summed E-state index contributed by atoms with van der Waals surface area (Å²) < 4.78 is 22.6. The zero-order chi connectivity index (χ0) is 21.5. The van der Waals surface area contributed by atoms with Gasteiger partial charge in [-0.1, -0.05) is 31.0 Å². The van der Waals surface area contributed by atoms with Crippen molar-refractivity contribution in [3.05, 3.63) is 53.6 Å². The van der Waals surface area contributed by atoms with E-state index < -0.39 is 0 Å². The Bertz CT molecular complexity index is 891. The summed E-state index contributed by atoms with van der Waals surface area (Å²) in [6.07, 6.45) is 4.39. The summed E-state index contributed by atoms with van der Waals surface area (Å²) in [6, 6.07) is 13.6. The Labute approximate surface area is 183 Å². The van der Waals surface area contributed by atoms with Gasteiger partial charge in [-0.3, -0.25) is 4.79 Å². The number of nitrogens with one attached hydrogen (secondary N) is 1. The second-order valence-corrected chi connectivity index (χ2v) is 8.07. The van der Waals surface area contributed by atoms with Gasteiger partial charge in [-0.15, -0.1) is 0 Å². The minimum absolute atomic E-state index is 0.0870. The molecule has 4 rings (SSSR count). The van der Waals surface area contributed by atoms with Gasteiger partial charge in [0, 0.05) is 18.6 Å². The molecule has 6 heteroatoms. The number of rotatable bonds is 9. The first kappa shape index (κ1) is 21.5. The fourth-order valence-corrected chi connectivity index (χ4v) is 4.47. The van der Waals surface area contributed by atoms with Gasteiger partial charge in [0.15, 0.2) is 11.5 Å². The molecule has 1 saturated carbocycles. The van der Waals surface area contributed by atoms with E-state index in [4.69, 9.17) is 18.9 Å². The van der Waals surface area contributed by atoms with E-state index in [1.807, 2.05) is 31.2 Å².